The Hall–Kier alpha value is -2.04. The zero-order chi connectivity index (χ0) is 17.6. The third-order valence-electron chi connectivity index (χ3n) is 3.28. The number of hydrogen-bond donors (Lipinski definition) is 1. The highest BCUT2D eigenvalue weighted by Crippen LogP contribution is 2.25. The largest absolute Gasteiger partial charge is 0.489 e. The van der Waals surface area contributed by atoms with E-state index in [2.05, 4.69) is 5.32 Å². The number of amides is 2. The topological polar surface area (TPSA) is 58.6 Å². The van der Waals surface area contributed by atoms with Crippen molar-refractivity contribution in [2.75, 3.05) is 11.9 Å². The van der Waals surface area contributed by atoms with Crippen molar-refractivity contribution in [3.8, 4) is 5.75 Å². The van der Waals surface area contributed by atoms with Crippen LogP contribution in [0, 0.1) is 0 Å². The van der Waals surface area contributed by atoms with E-state index < -0.39 is 0 Å². The summed E-state index contributed by atoms with van der Waals surface area (Å²) < 4.78 is 5.69. The van der Waals surface area contributed by atoms with E-state index in [-0.39, 0.29) is 29.9 Å². The van der Waals surface area contributed by atoms with Gasteiger partial charge in [-0.15, -0.1) is 0 Å². The van der Waals surface area contributed by atoms with Crippen LogP contribution in [0.2, 0.25) is 0 Å². The van der Waals surface area contributed by atoms with E-state index in [0.29, 0.717) is 18.0 Å². The van der Waals surface area contributed by atoms with E-state index in [4.69, 9.17) is 4.74 Å². The second kappa shape index (κ2) is 7.99. The van der Waals surface area contributed by atoms with E-state index in [1.54, 1.807) is 4.90 Å². The van der Waals surface area contributed by atoms with Crippen LogP contribution in [0.25, 0.3) is 0 Å². The lowest BCUT2D eigenvalue weighted by atomic mass is 10.1. The van der Waals surface area contributed by atoms with E-state index in [0.717, 1.165) is 0 Å². The van der Waals surface area contributed by atoms with Crippen LogP contribution in [0.4, 0.5) is 5.69 Å². The van der Waals surface area contributed by atoms with E-state index >= 15 is 0 Å². The Kier molecular flexibility index (Phi) is 6.61. The summed E-state index contributed by atoms with van der Waals surface area (Å²) in [6.07, 6.45) is 0.273. The van der Waals surface area contributed by atoms with E-state index in [1.165, 1.54) is 6.92 Å². The first-order valence-corrected chi connectivity index (χ1v) is 7.95. The van der Waals surface area contributed by atoms with Crippen LogP contribution in [-0.4, -0.2) is 34.9 Å². The molecule has 5 nitrogen and oxygen atoms in total. The minimum atomic E-state index is -0.301. The number of para-hydroxylation sites is 2. The highest BCUT2D eigenvalue weighted by Gasteiger charge is 2.24. The Bertz CT molecular complexity index is 547. The summed E-state index contributed by atoms with van der Waals surface area (Å²) in [5.41, 5.74) is 0.349. The third-order valence-corrected chi connectivity index (χ3v) is 3.28. The van der Waals surface area contributed by atoms with Gasteiger partial charge in [0.2, 0.25) is 11.8 Å². The lowest BCUT2D eigenvalue weighted by Crippen LogP contribution is -2.45. The first kappa shape index (κ1) is 19.0. The van der Waals surface area contributed by atoms with Gasteiger partial charge in [-0.3, -0.25) is 9.59 Å². The molecule has 0 saturated heterocycles. The van der Waals surface area contributed by atoms with Gasteiger partial charge in [0.1, 0.15) is 5.75 Å². The lowest BCUT2D eigenvalue weighted by Gasteiger charge is -2.34. The molecule has 0 fully saturated rings. The number of ether oxygens (including phenoxy) is 1. The Morgan fingerprint density at radius 1 is 1.22 bits per heavy atom. The third kappa shape index (κ3) is 6.30. The van der Waals surface area contributed by atoms with E-state index in [1.807, 2.05) is 58.9 Å². The number of nitrogens with one attached hydrogen (secondary N) is 1. The molecule has 1 N–H and O–H groups in total. The summed E-state index contributed by atoms with van der Waals surface area (Å²) in [4.78, 5) is 25.6. The van der Waals surface area contributed by atoms with Crippen molar-refractivity contribution in [3.05, 3.63) is 24.3 Å². The van der Waals surface area contributed by atoms with Crippen molar-refractivity contribution in [2.45, 2.75) is 59.6 Å². The van der Waals surface area contributed by atoms with E-state index in [9.17, 15) is 9.59 Å². The number of anilines is 1. The number of carbonyl (C=O) groups is 2. The Labute approximate surface area is 139 Å². The zero-order valence-corrected chi connectivity index (χ0v) is 15.0. The van der Waals surface area contributed by atoms with Crippen LogP contribution in [0.1, 0.15) is 48.0 Å². The van der Waals surface area contributed by atoms with Gasteiger partial charge in [-0.25, -0.2) is 0 Å². The van der Waals surface area contributed by atoms with Gasteiger partial charge < -0.3 is 15.0 Å². The van der Waals surface area contributed by atoms with Gasteiger partial charge in [-0.1, -0.05) is 12.1 Å². The fraction of sp³-hybridized carbons (Fsp3) is 0.556. The zero-order valence-electron chi connectivity index (χ0n) is 15.0. The molecule has 0 bridgehead atoms. The predicted molar refractivity (Wildman–Crippen MR) is 92.6 cm³/mol. The molecule has 0 aliphatic rings. The summed E-state index contributed by atoms with van der Waals surface area (Å²) in [6, 6.07) is 7.35. The van der Waals surface area contributed by atoms with Gasteiger partial charge in [-0.05, 0) is 46.8 Å². The maximum atomic E-state index is 12.2. The maximum Gasteiger partial charge on any atom is 0.226 e. The molecule has 5 heteroatoms. The molecule has 2 amide bonds. The van der Waals surface area contributed by atoms with Gasteiger partial charge in [0.05, 0.1) is 11.8 Å². The maximum absolute atomic E-state index is 12.2. The summed E-state index contributed by atoms with van der Waals surface area (Å²) in [5, 5.41) is 2.86. The molecule has 1 rings (SSSR count). The fourth-order valence-corrected chi connectivity index (χ4v) is 2.32. The summed E-state index contributed by atoms with van der Waals surface area (Å²) in [7, 11) is 0. The first-order valence-electron chi connectivity index (χ1n) is 7.95. The normalized spacial score (nSPS) is 11.3. The highest BCUT2D eigenvalue weighted by molar-refractivity contribution is 5.92. The first-order chi connectivity index (χ1) is 10.6. The molecule has 0 spiro atoms. The van der Waals surface area contributed by atoms with Crippen molar-refractivity contribution < 1.29 is 14.3 Å². The molecule has 23 heavy (non-hydrogen) atoms. The summed E-state index contributed by atoms with van der Waals surface area (Å²) in [6.45, 7) is 11.7. The van der Waals surface area contributed by atoms with Crippen molar-refractivity contribution in [2.24, 2.45) is 0 Å². The minimum absolute atomic E-state index is 0.0298. The van der Waals surface area contributed by atoms with Crippen LogP contribution >= 0.6 is 0 Å². The van der Waals surface area contributed by atoms with Crippen molar-refractivity contribution in [3.63, 3.8) is 0 Å². The molecule has 128 valence electrons. The van der Waals surface area contributed by atoms with Gasteiger partial charge in [-0.2, -0.15) is 0 Å². The molecule has 0 atom stereocenters. The van der Waals surface area contributed by atoms with Gasteiger partial charge in [0.25, 0.3) is 0 Å². The van der Waals surface area contributed by atoms with Crippen LogP contribution in [0.3, 0.4) is 0 Å². The number of benzene rings is 1. The number of carbonyl (C=O) groups excluding carboxylic acids is 2. The Balaban J connectivity index is 2.69. The molecule has 1 aromatic carbocycles. The molecule has 1 aromatic rings. The monoisotopic (exact) mass is 320 g/mol. The molecule has 0 radical (unpaired) electrons. The van der Waals surface area contributed by atoms with Crippen LogP contribution in [0.15, 0.2) is 24.3 Å². The molecule has 0 unspecified atom stereocenters. The van der Waals surface area contributed by atoms with Crippen LogP contribution < -0.4 is 10.1 Å². The van der Waals surface area contributed by atoms with Gasteiger partial charge in [0.15, 0.2) is 0 Å². The van der Waals surface area contributed by atoms with Crippen molar-refractivity contribution in [1.29, 1.82) is 0 Å². The quantitative estimate of drug-likeness (QED) is 0.873. The standard InChI is InChI=1S/C18H28N2O3/c1-13(2)23-16-10-8-7-9-15(16)19-17(22)11-12-20(14(3)21)18(4,5)6/h7-10,13H,11-12H2,1-6H3,(H,19,22). The number of hydrogen-bond acceptors (Lipinski definition) is 3. The Morgan fingerprint density at radius 2 is 1.83 bits per heavy atom. The lowest BCUT2D eigenvalue weighted by molar-refractivity contribution is -0.134. The average Bonchev–Trinajstić information content (AvgIpc) is 2.38. The Morgan fingerprint density at radius 3 is 2.35 bits per heavy atom. The van der Waals surface area contributed by atoms with Crippen LogP contribution in [0.5, 0.6) is 5.75 Å². The van der Waals surface area contributed by atoms with Crippen LogP contribution in [-0.2, 0) is 9.59 Å². The minimum Gasteiger partial charge on any atom is -0.489 e. The number of nitrogens with zero attached hydrogens (tertiary/aromatic N) is 1. The molecular weight excluding hydrogens is 292 g/mol. The van der Waals surface area contributed by atoms with Gasteiger partial charge >= 0.3 is 0 Å². The predicted octanol–water partition coefficient (Wildman–Crippen LogP) is 3.45. The SMILES string of the molecule is CC(=O)N(CCC(=O)Nc1ccccc1OC(C)C)C(C)(C)C. The molecule has 0 aromatic heterocycles. The highest BCUT2D eigenvalue weighted by atomic mass is 16.5. The molecule has 0 aliphatic heterocycles. The molecule has 0 heterocycles. The molecular formula is C18H28N2O3. The second-order valence-corrected chi connectivity index (χ2v) is 6.80. The average molecular weight is 320 g/mol. The summed E-state index contributed by atoms with van der Waals surface area (Å²) >= 11 is 0. The fourth-order valence-electron chi connectivity index (χ4n) is 2.32. The molecule has 0 aliphatic carbocycles. The van der Waals surface area contributed by atoms with Crippen molar-refractivity contribution >= 4 is 17.5 Å². The smallest absolute Gasteiger partial charge is 0.226 e. The number of rotatable bonds is 6. The van der Waals surface area contributed by atoms with Gasteiger partial charge in [0, 0.05) is 25.4 Å². The van der Waals surface area contributed by atoms with Crippen molar-refractivity contribution in [1.82, 2.24) is 4.90 Å². The second-order valence-electron chi connectivity index (χ2n) is 6.80. The molecule has 0 saturated carbocycles. The summed E-state index contributed by atoms with van der Waals surface area (Å²) in [5.74, 6) is 0.476.